The van der Waals surface area contributed by atoms with Crippen molar-refractivity contribution < 1.29 is 18.0 Å². The van der Waals surface area contributed by atoms with Crippen LogP contribution in [0.5, 0.6) is 0 Å². The normalized spacial score (nSPS) is 11.5. The molecule has 0 saturated carbocycles. The van der Waals surface area contributed by atoms with Crippen LogP contribution in [0.3, 0.4) is 0 Å². The van der Waals surface area contributed by atoms with E-state index in [1.165, 1.54) is 12.1 Å². The molecular weight excluding hydrogens is 469 g/mol. The molecule has 2 aromatic carbocycles. The van der Waals surface area contributed by atoms with E-state index in [0.717, 1.165) is 29.1 Å². The molecule has 0 aliphatic heterocycles. The Morgan fingerprint density at radius 3 is 2.48 bits per heavy atom. The number of carbonyl (C=O) groups is 1. The number of carbonyl (C=O) groups excluding carboxylic acids is 1. The number of rotatable bonds is 5. The minimum atomic E-state index is -4.58. The summed E-state index contributed by atoms with van der Waals surface area (Å²) < 4.78 is 41.7. The van der Waals surface area contributed by atoms with Crippen LogP contribution in [0.1, 0.15) is 17.0 Å². The van der Waals surface area contributed by atoms with E-state index >= 15 is 0 Å². The fourth-order valence-corrected chi connectivity index (χ4v) is 3.76. The van der Waals surface area contributed by atoms with Gasteiger partial charge in [0.15, 0.2) is 5.16 Å². The van der Waals surface area contributed by atoms with Crippen LogP contribution in [0, 0.1) is 13.8 Å². The van der Waals surface area contributed by atoms with Gasteiger partial charge < -0.3 is 5.32 Å². The quantitative estimate of drug-likeness (QED) is 0.492. The predicted molar refractivity (Wildman–Crippen MR) is 109 cm³/mol. The van der Waals surface area contributed by atoms with Crippen molar-refractivity contribution in [3.63, 3.8) is 0 Å². The largest absolute Gasteiger partial charge is 0.418 e. The van der Waals surface area contributed by atoms with Gasteiger partial charge in [0.1, 0.15) is 5.82 Å². The van der Waals surface area contributed by atoms with Gasteiger partial charge in [-0.15, -0.1) is 10.2 Å². The van der Waals surface area contributed by atoms with E-state index in [1.807, 2.05) is 31.2 Å². The summed E-state index contributed by atoms with van der Waals surface area (Å²) in [5.41, 5.74) is 0.739. The number of aromatic nitrogens is 3. The van der Waals surface area contributed by atoms with E-state index in [1.54, 1.807) is 11.5 Å². The molecule has 10 heteroatoms. The highest BCUT2D eigenvalue weighted by Crippen LogP contribution is 2.36. The van der Waals surface area contributed by atoms with Crippen LogP contribution in [-0.4, -0.2) is 26.4 Å². The SMILES string of the molecule is Cc1ccc(-n2c(C)nnc2SCC(=O)Nc2ccc(Br)cc2C(F)(F)F)cc1. The molecule has 1 aromatic heterocycles. The molecule has 0 saturated heterocycles. The first-order valence-corrected chi connectivity index (χ1v) is 10.2. The number of hydrogen-bond donors (Lipinski definition) is 1. The number of nitrogens with zero attached hydrogens (tertiary/aromatic N) is 3. The van der Waals surface area contributed by atoms with Crippen molar-refractivity contribution in [1.82, 2.24) is 14.8 Å². The third kappa shape index (κ3) is 5.18. The monoisotopic (exact) mass is 484 g/mol. The minimum absolute atomic E-state index is 0.114. The molecule has 0 radical (unpaired) electrons. The fraction of sp³-hybridized carbons (Fsp3) is 0.211. The van der Waals surface area contributed by atoms with Crippen molar-refractivity contribution in [2.75, 3.05) is 11.1 Å². The zero-order chi connectivity index (χ0) is 21.2. The molecule has 1 amide bonds. The highest BCUT2D eigenvalue weighted by Gasteiger charge is 2.34. The maximum atomic E-state index is 13.2. The number of thioether (sulfide) groups is 1. The van der Waals surface area contributed by atoms with Crippen molar-refractivity contribution in [1.29, 1.82) is 0 Å². The number of amides is 1. The van der Waals surface area contributed by atoms with E-state index in [4.69, 9.17) is 0 Å². The van der Waals surface area contributed by atoms with Gasteiger partial charge in [-0.3, -0.25) is 9.36 Å². The van der Waals surface area contributed by atoms with Gasteiger partial charge in [-0.1, -0.05) is 45.4 Å². The minimum Gasteiger partial charge on any atom is -0.325 e. The first-order chi connectivity index (χ1) is 13.6. The predicted octanol–water partition coefficient (Wildman–Crippen LogP) is 5.40. The standard InChI is InChI=1S/C19H16BrF3N4OS/c1-11-3-6-14(7-4-11)27-12(2)25-26-18(27)29-10-17(28)24-16-8-5-13(20)9-15(16)19(21,22)23/h3-9H,10H2,1-2H3,(H,24,28). The lowest BCUT2D eigenvalue weighted by Gasteiger charge is -2.14. The second-order valence-electron chi connectivity index (χ2n) is 6.23. The molecule has 0 spiro atoms. The van der Waals surface area contributed by atoms with Crippen LogP contribution < -0.4 is 5.32 Å². The number of halogens is 4. The van der Waals surface area contributed by atoms with Gasteiger partial charge in [0.05, 0.1) is 17.0 Å². The molecule has 0 fully saturated rings. The smallest absolute Gasteiger partial charge is 0.325 e. The molecule has 1 heterocycles. The summed E-state index contributed by atoms with van der Waals surface area (Å²) in [6, 6.07) is 11.3. The average Bonchev–Trinajstić information content (AvgIpc) is 3.02. The maximum Gasteiger partial charge on any atom is 0.418 e. The maximum absolute atomic E-state index is 13.2. The molecule has 1 N–H and O–H groups in total. The summed E-state index contributed by atoms with van der Waals surface area (Å²) in [6.07, 6.45) is -4.58. The molecule has 3 aromatic rings. The summed E-state index contributed by atoms with van der Waals surface area (Å²) in [4.78, 5) is 12.3. The Morgan fingerprint density at radius 2 is 1.83 bits per heavy atom. The van der Waals surface area contributed by atoms with Crippen LogP contribution in [0.4, 0.5) is 18.9 Å². The van der Waals surface area contributed by atoms with Crippen LogP contribution in [0.15, 0.2) is 52.1 Å². The molecule has 3 rings (SSSR count). The lowest BCUT2D eigenvalue weighted by Crippen LogP contribution is -2.18. The number of benzene rings is 2. The van der Waals surface area contributed by atoms with E-state index in [2.05, 4.69) is 31.4 Å². The third-order valence-electron chi connectivity index (χ3n) is 3.98. The zero-order valence-electron chi connectivity index (χ0n) is 15.4. The molecular formula is C19H16BrF3N4OS. The van der Waals surface area contributed by atoms with E-state index in [0.29, 0.717) is 11.0 Å². The van der Waals surface area contributed by atoms with Crippen LogP contribution >= 0.6 is 27.7 Å². The number of hydrogen-bond acceptors (Lipinski definition) is 4. The van der Waals surface area contributed by atoms with Gasteiger partial charge in [0.25, 0.3) is 0 Å². The number of aryl methyl sites for hydroxylation is 2. The second kappa shape index (κ2) is 8.58. The highest BCUT2D eigenvalue weighted by molar-refractivity contribution is 9.10. The van der Waals surface area contributed by atoms with E-state index < -0.39 is 17.6 Å². The topological polar surface area (TPSA) is 59.8 Å². The zero-order valence-corrected chi connectivity index (χ0v) is 17.8. The van der Waals surface area contributed by atoms with Gasteiger partial charge >= 0.3 is 6.18 Å². The van der Waals surface area contributed by atoms with Gasteiger partial charge in [0.2, 0.25) is 5.91 Å². The van der Waals surface area contributed by atoms with Crippen molar-refractivity contribution in [2.24, 2.45) is 0 Å². The third-order valence-corrected chi connectivity index (χ3v) is 5.40. The summed E-state index contributed by atoms with van der Waals surface area (Å²) in [5.74, 6) is -0.0415. The number of anilines is 1. The Bertz CT molecular complexity index is 1030. The summed E-state index contributed by atoms with van der Waals surface area (Å²) in [7, 11) is 0. The summed E-state index contributed by atoms with van der Waals surface area (Å²) in [5, 5.41) is 10.9. The molecule has 0 unspecified atom stereocenters. The van der Waals surface area contributed by atoms with E-state index in [9.17, 15) is 18.0 Å². The molecule has 0 aliphatic rings. The average molecular weight is 485 g/mol. The first-order valence-electron chi connectivity index (χ1n) is 8.43. The number of nitrogens with one attached hydrogen (secondary N) is 1. The summed E-state index contributed by atoms with van der Waals surface area (Å²) >= 11 is 4.12. The van der Waals surface area contributed by atoms with Gasteiger partial charge in [-0.2, -0.15) is 13.2 Å². The first kappa shape index (κ1) is 21.4. The van der Waals surface area contributed by atoms with Crippen LogP contribution in [0.25, 0.3) is 5.69 Å². The van der Waals surface area contributed by atoms with Crippen molar-refractivity contribution in [3.8, 4) is 5.69 Å². The lowest BCUT2D eigenvalue weighted by molar-refractivity contribution is -0.137. The lowest BCUT2D eigenvalue weighted by atomic mass is 10.1. The Kier molecular flexibility index (Phi) is 6.33. The molecule has 0 aliphatic carbocycles. The molecule has 152 valence electrons. The van der Waals surface area contributed by atoms with Gasteiger partial charge in [0, 0.05) is 10.2 Å². The Balaban J connectivity index is 1.74. The molecule has 5 nitrogen and oxygen atoms in total. The summed E-state index contributed by atoms with van der Waals surface area (Å²) in [6.45, 7) is 3.76. The number of alkyl halides is 3. The second-order valence-corrected chi connectivity index (χ2v) is 8.08. The molecule has 29 heavy (non-hydrogen) atoms. The Labute approximate surface area is 177 Å². The van der Waals surface area contributed by atoms with Gasteiger partial charge in [-0.05, 0) is 44.2 Å². The van der Waals surface area contributed by atoms with Crippen molar-refractivity contribution >= 4 is 39.3 Å². The molecule has 0 atom stereocenters. The van der Waals surface area contributed by atoms with Crippen LogP contribution in [0.2, 0.25) is 0 Å². The van der Waals surface area contributed by atoms with Crippen molar-refractivity contribution in [2.45, 2.75) is 25.2 Å². The van der Waals surface area contributed by atoms with Crippen LogP contribution in [-0.2, 0) is 11.0 Å². The fourth-order valence-electron chi connectivity index (χ4n) is 2.60. The molecule has 0 bridgehead atoms. The Hall–Kier alpha value is -2.33. The van der Waals surface area contributed by atoms with E-state index in [-0.39, 0.29) is 15.9 Å². The van der Waals surface area contributed by atoms with Gasteiger partial charge in [-0.25, -0.2) is 0 Å². The van der Waals surface area contributed by atoms with Crippen molar-refractivity contribution in [3.05, 3.63) is 63.9 Å². The Morgan fingerprint density at radius 1 is 1.14 bits per heavy atom. The highest BCUT2D eigenvalue weighted by atomic mass is 79.9.